The molecule has 2 fully saturated rings. The lowest BCUT2D eigenvalue weighted by Crippen LogP contribution is -2.55. The largest absolute Gasteiger partial charge is 0.494 e. The summed E-state index contributed by atoms with van der Waals surface area (Å²) >= 11 is 5.96. The molecule has 0 aliphatic carbocycles. The summed E-state index contributed by atoms with van der Waals surface area (Å²) < 4.78 is 31.5. The molecule has 3 heterocycles. The number of benzene rings is 2. The molecule has 10 nitrogen and oxygen atoms in total. The number of likely N-dealkylation sites (tertiary alicyclic amines) is 1. The van der Waals surface area contributed by atoms with Crippen LogP contribution in [0, 0.1) is 11.2 Å². The number of anilines is 3. The molecule has 1 N–H and O–H groups in total. The Bertz CT molecular complexity index is 1460. The number of carbonyl (C=O) groups excluding carboxylic acids is 2. The number of nitrogens with one attached hydrogen (secondary N) is 1. The maximum atomic E-state index is 14.6. The van der Waals surface area contributed by atoms with Gasteiger partial charge in [-0.25, -0.2) is 23.9 Å². The first-order chi connectivity index (χ1) is 19.0. The van der Waals surface area contributed by atoms with Crippen molar-refractivity contribution in [1.82, 2.24) is 14.9 Å². The van der Waals surface area contributed by atoms with E-state index in [4.69, 9.17) is 25.8 Å². The van der Waals surface area contributed by atoms with Crippen LogP contribution in [-0.2, 0) is 9.47 Å². The van der Waals surface area contributed by atoms with Crippen molar-refractivity contribution in [2.24, 2.45) is 5.41 Å². The normalized spacial score (nSPS) is 17.1. The second kappa shape index (κ2) is 10.6. The fraction of sp³-hybridized carbons (Fsp3) is 0.429. The van der Waals surface area contributed by atoms with Gasteiger partial charge in [0.05, 0.1) is 29.0 Å². The van der Waals surface area contributed by atoms with Crippen LogP contribution in [0.4, 0.5) is 31.2 Å². The molecule has 2 aliphatic heterocycles. The Morgan fingerprint density at radius 2 is 1.95 bits per heavy atom. The molecule has 3 aromatic rings. The Morgan fingerprint density at radius 3 is 2.65 bits per heavy atom. The van der Waals surface area contributed by atoms with Gasteiger partial charge in [-0.1, -0.05) is 17.7 Å². The topological polar surface area (TPSA) is 106 Å². The van der Waals surface area contributed by atoms with Gasteiger partial charge >= 0.3 is 12.2 Å². The maximum Gasteiger partial charge on any atom is 0.414 e. The molecule has 1 aromatic heterocycles. The van der Waals surface area contributed by atoms with E-state index in [0.29, 0.717) is 60.6 Å². The highest BCUT2D eigenvalue weighted by Crippen LogP contribution is 2.42. The molecular weight excluding hydrogens is 541 g/mol. The fourth-order valence-electron chi connectivity index (χ4n) is 4.99. The van der Waals surface area contributed by atoms with Gasteiger partial charge < -0.3 is 24.4 Å². The lowest BCUT2D eigenvalue weighted by molar-refractivity contribution is -0.00819. The van der Waals surface area contributed by atoms with E-state index in [-0.39, 0.29) is 28.8 Å². The molecule has 1 spiro atoms. The Kier molecular flexibility index (Phi) is 7.34. The molecule has 2 amide bonds. The predicted molar refractivity (Wildman–Crippen MR) is 149 cm³/mol. The second-order valence-electron chi connectivity index (χ2n) is 11.1. The number of halogens is 2. The third-order valence-electron chi connectivity index (χ3n) is 7.12. The van der Waals surface area contributed by atoms with Crippen molar-refractivity contribution in [1.29, 1.82) is 0 Å². The van der Waals surface area contributed by atoms with Crippen LogP contribution < -0.4 is 15.0 Å². The van der Waals surface area contributed by atoms with E-state index >= 15 is 0 Å². The molecular formula is C28H31ClFN5O5. The minimum atomic E-state index is -0.607. The molecule has 0 bridgehead atoms. The van der Waals surface area contributed by atoms with Crippen LogP contribution in [0.5, 0.6) is 5.75 Å². The highest BCUT2D eigenvalue weighted by molar-refractivity contribution is 6.31. The summed E-state index contributed by atoms with van der Waals surface area (Å²) in [6.45, 7) is 7.11. The number of carbonyl (C=O) groups is 2. The molecule has 0 saturated carbocycles. The van der Waals surface area contributed by atoms with Crippen molar-refractivity contribution >= 4 is 51.9 Å². The van der Waals surface area contributed by atoms with Crippen LogP contribution >= 0.6 is 11.6 Å². The molecule has 0 radical (unpaired) electrons. The molecule has 2 aromatic carbocycles. The van der Waals surface area contributed by atoms with Gasteiger partial charge in [0.25, 0.3) is 0 Å². The van der Waals surface area contributed by atoms with Gasteiger partial charge in [0, 0.05) is 36.5 Å². The van der Waals surface area contributed by atoms with Crippen LogP contribution in [0.15, 0.2) is 36.7 Å². The van der Waals surface area contributed by atoms with E-state index in [1.54, 1.807) is 34.1 Å². The van der Waals surface area contributed by atoms with Crippen molar-refractivity contribution in [3.63, 3.8) is 0 Å². The van der Waals surface area contributed by atoms with Crippen LogP contribution in [0.25, 0.3) is 10.9 Å². The Labute approximate surface area is 236 Å². The van der Waals surface area contributed by atoms with Gasteiger partial charge in [0.2, 0.25) is 0 Å². The number of rotatable bonds is 4. The summed E-state index contributed by atoms with van der Waals surface area (Å²) in [6.07, 6.45) is 1.77. The average Bonchev–Trinajstić information content (AvgIpc) is 2.91. The van der Waals surface area contributed by atoms with Crippen molar-refractivity contribution in [3.05, 3.63) is 47.5 Å². The number of amides is 2. The lowest BCUT2D eigenvalue weighted by atomic mass is 9.78. The minimum Gasteiger partial charge on any atom is -0.494 e. The quantitative estimate of drug-likeness (QED) is 0.397. The summed E-state index contributed by atoms with van der Waals surface area (Å²) in [5, 5.41) is 3.51. The van der Waals surface area contributed by atoms with E-state index in [0.717, 1.165) is 0 Å². The minimum absolute atomic E-state index is 0.0233. The Hall–Kier alpha value is -3.86. The number of piperidine rings is 1. The summed E-state index contributed by atoms with van der Waals surface area (Å²) in [4.78, 5) is 37.5. The summed E-state index contributed by atoms with van der Waals surface area (Å²) in [6, 6.07) is 8.07. The molecule has 212 valence electrons. The van der Waals surface area contributed by atoms with Gasteiger partial charge in [0.1, 0.15) is 30.1 Å². The number of methoxy groups -OCH3 is 1. The second-order valence-corrected chi connectivity index (χ2v) is 11.5. The maximum absolute atomic E-state index is 14.6. The van der Waals surface area contributed by atoms with Gasteiger partial charge in [-0.3, -0.25) is 4.90 Å². The third-order valence-corrected chi connectivity index (χ3v) is 7.41. The number of cyclic esters (lactones) is 1. The third kappa shape index (κ3) is 5.56. The first-order valence-electron chi connectivity index (χ1n) is 12.9. The highest BCUT2D eigenvalue weighted by atomic mass is 35.5. The monoisotopic (exact) mass is 571 g/mol. The smallest absolute Gasteiger partial charge is 0.414 e. The van der Waals surface area contributed by atoms with Crippen molar-refractivity contribution < 1.29 is 28.2 Å². The van der Waals surface area contributed by atoms with Gasteiger partial charge in [-0.2, -0.15) is 0 Å². The van der Waals surface area contributed by atoms with Crippen LogP contribution in [0.1, 0.15) is 33.6 Å². The van der Waals surface area contributed by atoms with Crippen LogP contribution in [-0.4, -0.2) is 66.0 Å². The molecule has 2 aliphatic rings. The SMILES string of the molecule is COc1cc2ncnc(Nc3cccc(Cl)c3F)c2cc1N1CC2(CCN(C(=O)OC(C)(C)C)CC2)COC1=O. The Balaban J connectivity index is 1.44. The Morgan fingerprint density at radius 1 is 1.20 bits per heavy atom. The van der Waals surface area contributed by atoms with Gasteiger partial charge in [-0.15, -0.1) is 0 Å². The average molecular weight is 572 g/mol. The summed E-state index contributed by atoms with van der Waals surface area (Å²) in [5.41, 5.74) is 0.221. The molecule has 2 saturated heterocycles. The van der Waals surface area contributed by atoms with E-state index < -0.39 is 17.5 Å². The fourth-order valence-corrected chi connectivity index (χ4v) is 5.16. The van der Waals surface area contributed by atoms with E-state index in [9.17, 15) is 14.0 Å². The number of fused-ring (bicyclic) bond motifs is 1. The summed E-state index contributed by atoms with van der Waals surface area (Å²) in [7, 11) is 1.51. The first kappa shape index (κ1) is 27.7. The standard InChI is InChI=1S/C28H31ClFN5O5/c1-27(2,3)40-25(36)34-10-8-28(9-11-34)14-35(26(37)39-15-28)21-12-17-20(13-22(21)38-4)31-16-32-24(17)33-19-7-5-6-18(29)23(19)30/h5-7,12-13,16H,8-11,14-15H2,1-4H3,(H,31,32,33). The van der Waals surface area contributed by atoms with Gasteiger partial charge in [0.15, 0.2) is 5.82 Å². The highest BCUT2D eigenvalue weighted by Gasteiger charge is 2.45. The zero-order valence-electron chi connectivity index (χ0n) is 22.8. The number of ether oxygens (including phenoxy) is 3. The van der Waals surface area contributed by atoms with Crippen LogP contribution in [0.3, 0.4) is 0 Å². The first-order valence-corrected chi connectivity index (χ1v) is 13.3. The molecule has 0 unspecified atom stereocenters. The van der Waals surface area contributed by atoms with Gasteiger partial charge in [-0.05, 0) is 51.8 Å². The number of aromatic nitrogens is 2. The number of hydrogen-bond donors (Lipinski definition) is 1. The number of hydrogen-bond acceptors (Lipinski definition) is 8. The lowest BCUT2D eigenvalue weighted by Gasteiger charge is -2.46. The van der Waals surface area contributed by atoms with Crippen molar-refractivity contribution in [2.75, 3.05) is 43.6 Å². The zero-order valence-corrected chi connectivity index (χ0v) is 23.5. The number of nitrogens with zero attached hydrogens (tertiary/aromatic N) is 4. The van der Waals surface area contributed by atoms with Crippen molar-refractivity contribution in [3.8, 4) is 5.75 Å². The molecule has 0 atom stereocenters. The van der Waals surface area contributed by atoms with E-state index in [1.807, 2.05) is 20.8 Å². The zero-order chi connectivity index (χ0) is 28.7. The molecule has 40 heavy (non-hydrogen) atoms. The predicted octanol–water partition coefficient (Wildman–Crippen LogP) is 6.15. The van der Waals surface area contributed by atoms with E-state index in [2.05, 4.69) is 15.3 Å². The van der Waals surface area contributed by atoms with Crippen molar-refractivity contribution in [2.45, 2.75) is 39.2 Å². The summed E-state index contributed by atoms with van der Waals surface area (Å²) in [5.74, 6) is 0.149. The molecule has 5 rings (SSSR count). The molecule has 12 heteroatoms. The van der Waals surface area contributed by atoms with E-state index in [1.165, 1.54) is 19.5 Å². The van der Waals surface area contributed by atoms with Crippen LogP contribution in [0.2, 0.25) is 5.02 Å².